The summed E-state index contributed by atoms with van der Waals surface area (Å²) in [6, 6.07) is 9.34. The molecular formula is C16H19N3O3S. The molecule has 7 heteroatoms. The van der Waals surface area contributed by atoms with Gasteiger partial charge in [-0.3, -0.25) is 4.79 Å². The molecule has 23 heavy (non-hydrogen) atoms. The topological polar surface area (TPSA) is 81.1 Å². The number of anilines is 1. The molecule has 1 saturated heterocycles. The zero-order valence-corrected chi connectivity index (χ0v) is 13.9. The minimum Gasteiger partial charge on any atom is -0.326 e. The van der Waals surface area contributed by atoms with Crippen LogP contribution in [0.25, 0.3) is 5.69 Å². The predicted molar refractivity (Wildman–Crippen MR) is 88.4 cm³/mol. The summed E-state index contributed by atoms with van der Waals surface area (Å²) in [5.41, 5.74) is 3.55. The zero-order valence-electron chi connectivity index (χ0n) is 13.1. The summed E-state index contributed by atoms with van der Waals surface area (Å²) in [4.78, 5) is 12.1. The minimum atomic E-state index is -3.05. The van der Waals surface area contributed by atoms with Gasteiger partial charge in [-0.25, -0.2) is 13.1 Å². The normalized spacial score (nSPS) is 19.7. The van der Waals surface area contributed by atoms with Gasteiger partial charge in [-0.2, -0.15) is 5.10 Å². The molecule has 122 valence electrons. The highest BCUT2D eigenvalue weighted by Gasteiger charge is 2.32. The monoisotopic (exact) mass is 333 g/mol. The summed E-state index contributed by atoms with van der Waals surface area (Å²) in [6.45, 7) is 3.92. The van der Waals surface area contributed by atoms with E-state index in [9.17, 15) is 13.2 Å². The number of nitrogens with zero attached hydrogens (tertiary/aromatic N) is 2. The van der Waals surface area contributed by atoms with Crippen molar-refractivity contribution in [3.8, 4) is 5.69 Å². The van der Waals surface area contributed by atoms with E-state index in [4.69, 9.17) is 0 Å². The van der Waals surface area contributed by atoms with Crippen molar-refractivity contribution in [2.75, 3.05) is 16.8 Å². The van der Waals surface area contributed by atoms with Crippen LogP contribution in [-0.2, 0) is 14.6 Å². The average molecular weight is 333 g/mol. The van der Waals surface area contributed by atoms with Crippen LogP contribution >= 0.6 is 0 Å². The highest BCUT2D eigenvalue weighted by Crippen LogP contribution is 2.21. The van der Waals surface area contributed by atoms with E-state index in [0.717, 1.165) is 17.1 Å². The third kappa shape index (κ3) is 3.44. The number of sulfone groups is 1. The summed E-state index contributed by atoms with van der Waals surface area (Å²) in [5, 5.41) is 7.20. The van der Waals surface area contributed by atoms with Crippen LogP contribution in [-0.4, -0.2) is 35.6 Å². The fourth-order valence-corrected chi connectivity index (χ4v) is 4.56. The van der Waals surface area contributed by atoms with E-state index >= 15 is 0 Å². The Morgan fingerprint density at radius 1 is 1.26 bits per heavy atom. The molecule has 2 aromatic rings. The molecule has 6 nitrogen and oxygen atoms in total. The number of carbonyl (C=O) groups is 1. The van der Waals surface area contributed by atoms with E-state index in [2.05, 4.69) is 10.4 Å². The Hall–Kier alpha value is -2.15. The molecule has 1 unspecified atom stereocenters. The smallest absolute Gasteiger partial charge is 0.228 e. The molecule has 1 atom stereocenters. The maximum atomic E-state index is 12.1. The molecule has 0 bridgehead atoms. The lowest BCUT2D eigenvalue weighted by molar-refractivity contribution is -0.119. The molecule has 2 heterocycles. The van der Waals surface area contributed by atoms with Crippen molar-refractivity contribution in [1.29, 1.82) is 0 Å². The number of aryl methyl sites for hydroxylation is 2. The van der Waals surface area contributed by atoms with Crippen molar-refractivity contribution >= 4 is 21.4 Å². The number of benzene rings is 1. The summed E-state index contributed by atoms with van der Waals surface area (Å²) in [7, 11) is -3.05. The number of carbonyl (C=O) groups excluding carboxylic acids is 1. The number of hydrogen-bond acceptors (Lipinski definition) is 4. The third-order valence-electron chi connectivity index (χ3n) is 3.99. The Balaban J connectivity index is 1.71. The Labute approximate surface area is 135 Å². The van der Waals surface area contributed by atoms with Gasteiger partial charge in [0.2, 0.25) is 5.91 Å². The molecule has 1 aromatic heterocycles. The van der Waals surface area contributed by atoms with E-state index in [0.29, 0.717) is 12.1 Å². The van der Waals surface area contributed by atoms with Crippen LogP contribution in [0.1, 0.15) is 17.8 Å². The van der Waals surface area contributed by atoms with E-state index in [1.54, 1.807) is 12.1 Å². The van der Waals surface area contributed by atoms with Crippen LogP contribution in [0.2, 0.25) is 0 Å². The van der Waals surface area contributed by atoms with Gasteiger partial charge in [0.1, 0.15) is 0 Å². The number of rotatable bonds is 3. The van der Waals surface area contributed by atoms with Crippen LogP contribution in [0.3, 0.4) is 0 Å². The SMILES string of the molecule is Cc1cc(C)n(-c2ccc(NC(=O)C3CCS(=O)(=O)C3)cc2)n1. The molecular weight excluding hydrogens is 314 g/mol. The van der Waals surface area contributed by atoms with Gasteiger partial charge in [-0.05, 0) is 50.6 Å². The standard InChI is InChI=1S/C16H19N3O3S/c1-11-9-12(2)19(18-11)15-5-3-14(4-6-15)17-16(20)13-7-8-23(21,22)10-13/h3-6,9,13H,7-8,10H2,1-2H3,(H,17,20). The first-order valence-electron chi connectivity index (χ1n) is 7.49. The number of aromatic nitrogens is 2. The minimum absolute atomic E-state index is 0.0529. The predicted octanol–water partition coefficient (Wildman–Crippen LogP) is 1.86. The molecule has 1 amide bonds. The molecule has 1 fully saturated rings. The molecule has 1 aliphatic rings. The van der Waals surface area contributed by atoms with Gasteiger partial charge >= 0.3 is 0 Å². The Kier molecular flexibility index (Phi) is 3.97. The van der Waals surface area contributed by atoms with E-state index in [1.807, 2.05) is 36.7 Å². The molecule has 3 rings (SSSR count). The lowest BCUT2D eigenvalue weighted by atomic mass is 10.1. The fourth-order valence-electron chi connectivity index (χ4n) is 2.82. The van der Waals surface area contributed by atoms with Crippen molar-refractivity contribution in [2.45, 2.75) is 20.3 Å². The average Bonchev–Trinajstić information content (AvgIpc) is 3.01. The summed E-state index contributed by atoms with van der Waals surface area (Å²) < 4.78 is 24.7. The Morgan fingerprint density at radius 2 is 1.96 bits per heavy atom. The van der Waals surface area contributed by atoms with E-state index in [1.165, 1.54) is 0 Å². The first-order valence-corrected chi connectivity index (χ1v) is 9.31. The zero-order chi connectivity index (χ0) is 16.6. The van der Waals surface area contributed by atoms with Crippen LogP contribution in [0.15, 0.2) is 30.3 Å². The first kappa shape index (κ1) is 15.7. The van der Waals surface area contributed by atoms with Crippen LogP contribution in [0.4, 0.5) is 5.69 Å². The second-order valence-electron chi connectivity index (χ2n) is 5.97. The Morgan fingerprint density at radius 3 is 2.48 bits per heavy atom. The summed E-state index contributed by atoms with van der Waals surface area (Å²) >= 11 is 0. The molecule has 1 aliphatic heterocycles. The molecule has 0 aliphatic carbocycles. The molecule has 1 N–H and O–H groups in total. The Bertz CT molecular complexity index is 838. The van der Waals surface area contributed by atoms with Crippen molar-refractivity contribution in [1.82, 2.24) is 9.78 Å². The molecule has 0 radical (unpaired) electrons. The number of nitrogens with one attached hydrogen (secondary N) is 1. The van der Waals surface area contributed by atoms with Gasteiger partial charge in [0.25, 0.3) is 0 Å². The second-order valence-corrected chi connectivity index (χ2v) is 8.20. The van der Waals surface area contributed by atoms with Gasteiger partial charge in [0.05, 0.1) is 28.8 Å². The third-order valence-corrected chi connectivity index (χ3v) is 5.76. The molecule has 0 saturated carbocycles. The van der Waals surface area contributed by atoms with Gasteiger partial charge in [0.15, 0.2) is 9.84 Å². The summed E-state index contributed by atoms with van der Waals surface area (Å²) in [5.74, 6) is -0.634. The van der Waals surface area contributed by atoms with E-state index in [-0.39, 0.29) is 17.4 Å². The first-order chi connectivity index (χ1) is 10.8. The second kappa shape index (κ2) is 5.81. The van der Waals surface area contributed by atoms with Crippen LogP contribution in [0, 0.1) is 19.8 Å². The maximum absolute atomic E-state index is 12.1. The highest BCUT2D eigenvalue weighted by atomic mass is 32.2. The lowest BCUT2D eigenvalue weighted by Crippen LogP contribution is -2.23. The number of amides is 1. The summed E-state index contributed by atoms with van der Waals surface area (Å²) in [6.07, 6.45) is 0.401. The quantitative estimate of drug-likeness (QED) is 0.929. The molecule has 0 spiro atoms. The van der Waals surface area contributed by atoms with Gasteiger partial charge in [0, 0.05) is 11.4 Å². The largest absolute Gasteiger partial charge is 0.326 e. The van der Waals surface area contributed by atoms with Gasteiger partial charge in [-0.1, -0.05) is 0 Å². The molecule has 1 aromatic carbocycles. The van der Waals surface area contributed by atoms with Crippen LogP contribution in [0.5, 0.6) is 0 Å². The van der Waals surface area contributed by atoms with Crippen molar-refractivity contribution in [2.24, 2.45) is 5.92 Å². The van der Waals surface area contributed by atoms with Gasteiger partial charge < -0.3 is 5.32 Å². The maximum Gasteiger partial charge on any atom is 0.228 e. The highest BCUT2D eigenvalue weighted by molar-refractivity contribution is 7.91. The van der Waals surface area contributed by atoms with E-state index < -0.39 is 15.8 Å². The lowest BCUT2D eigenvalue weighted by Gasteiger charge is -2.10. The van der Waals surface area contributed by atoms with Crippen molar-refractivity contribution in [3.05, 3.63) is 41.7 Å². The van der Waals surface area contributed by atoms with Crippen molar-refractivity contribution in [3.63, 3.8) is 0 Å². The van der Waals surface area contributed by atoms with Crippen LogP contribution < -0.4 is 5.32 Å². The van der Waals surface area contributed by atoms with Crippen molar-refractivity contribution < 1.29 is 13.2 Å². The fraction of sp³-hybridized carbons (Fsp3) is 0.375. The van der Waals surface area contributed by atoms with Gasteiger partial charge in [-0.15, -0.1) is 0 Å². The number of hydrogen-bond donors (Lipinski definition) is 1.